The van der Waals surface area contributed by atoms with Gasteiger partial charge in [0.1, 0.15) is 22.7 Å². The lowest BCUT2D eigenvalue weighted by Crippen LogP contribution is -2.49. The van der Waals surface area contributed by atoms with Crippen molar-refractivity contribution in [2.24, 2.45) is 23.7 Å². The highest BCUT2D eigenvalue weighted by Crippen LogP contribution is 2.68. The monoisotopic (exact) mass is 921 g/mol. The molecule has 3 aliphatic carbocycles. The van der Waals surface area contributed by atoms with Crippen molar-refractivity contribution in [1.82, 2.24) is 15.0 Å². The van der Waals surface area contributed by atoms with Crippen molar-refractivity contribution in [1.29, 1.82) is 0 Å². The molecular formula is C66H55N3O2. The van der Waals surface area contributed by atoms with E-state index in [4.69, 9.17) is 24.1 Å². The van der Waals surface area contributed by atoms with E-state index in [9.17, 15) is 0 Å². The number of ether oxygens (including phenoxy) is 1. The molecule has 4 aliphatic rings. The molecule has 5 unspecified atom stereocenters. The van der Waals surface area contributed by atoms with Gasteiger partial charge in [-0.3, -0.25) is 0 Å². The van der Waals surface area contributed by atoms with Crippen LogP contribution in [0, 0.1) is 23.7 Å². The molecular weight excluding hydrogens is 867 g/mol. The number of rotatable bonds is 6. The van der Waals surface area contributed by atoms with Gasteiger partial charge in [0.2, 0.25) is 0 Å². The number of hydrogen-bond acceptors (Lipinski definition) is 5. The Hall–Kier alpha value is -7.63. The fraction of sp³-hybridized carbons (Fsp3) is 0.227. The van der Waals surface area contributed by atoms with E-state index >= 15 is 0 Å². The van der Waals surface area contributed by atoms with Gasteiger partial charge in [-0.1, -0.05) is 186 Å². The maximum absolute atomic E-state index is 7.28. The zero-order valence-corrected chi connectivity index (χ0v) is 40.7. The number of fused-ring (bicyclic) bond motifs is 14. The first kappa shape index (κ1) is 42.3. The van der Waals surface area contributed by atoms with Gasteiger partial charge in [0.15, 0.2) is 17.5 Å². The summed E-state index contributed by atoms with van der Waals surface area (Å²) >= 11 is 0. The van der Waals surface area contributed by atoms with E-state index in [0.717, 1.165) is 78.7 Å². The summed E-state index contributed by atoms with van der Waals surface area (Å²) in [7, 11) is 0. The summed E-state index contributed by atoms with van der Waals surface area (Å²) in [5.74, 6) is 6.42. The zero-order chi connectivity index (χ0) is 47.6. The summed E-state index contributed by atoms with van der Waals surface area (Å²) in [6, 6.07) is 63.0. The van der Waals surface area contributed by atoms with Crippen LogP contribution in [0.2, 0.25) is 0 Å². The first-order valence-electron chi connectivity index (χ1n) is 25.8. The van der Waals surface area contributed by atoms with Gasteiger partial charge in [-0.05, 0) is 107 Å². The Balaban J connectivity index is 0.952. The van der Waals surface area contributed by atoms with E-state index in [2.05, 4.69) is 191 Å². The van der Waals surface area contributed by atoms with Crippen molar-refractivity contribution in [2.45, 2.75) is 70.6 Å². The van der Waals surface area contributed by atoms with Crippen LogP contribution in [0.15, 0.2) is 180 Å². The summed E-state index contributed by atoms with van der Waals surface area (Å²) in [6.45, 7) is 9.71. The SMILES string of the molecule is CCC1CC2CC(C)C3(c4ccc(-c5nc(-c6ccc(-c7ccccc7)cc6)nc(-c6cccc(-c7cccc8c7oc7ccccc78)c6)n5)cc4-c4ccc5c(c43)Oc3ccccc3C5(C)C)C(C1)C2. The van der Waals surface area contributed by atoms with Crippen LogP contribution >= 0.6 is 0 Å². The second-order valence-corrected chi connectivity index (χ2v) is 21.5. The summed E-state index contributed by atoms with van der Waals surface area (Å²) < 4.78 is 13.8. The molecule has 5 nitrogen and oxygen atoms in total. The number of furan rings is 1. The predicted octanol–water partition coefficient (Wildman–Crippen LogP) is 17.3. The average molecular weight is 922 g/mol. The van der Waals surface area contributed by atoms with Crippen molar-refractivity contribution >= 4 is 21.9 Å². The molecule has 8 aromatic carbocycles. The highest BCUT2D eigenvalue weighted by molar-refractivity contribution is 6.09. The maximum atomic E-state index is 7.28. The molecule has 14 rings (SSSR count). The van der Waals surface area contributed by atoms with Crippen LogP contribution in [-0.2, 0) is 10.8 Å². The highest BCUT2D eigenvalue weighted by Gasteiger charge is 2.59. The minimum absolute atomic E-state index is 0.180. The molecule has 2 fully saturated rings. The Kier molecular flexibility index (Phi) is 9.49. The summed E-state index contributed by atoms with van der Waals surface area (Å²) in [4.78, 5) is 16.1. The molecule has 2 bridgehead atoms. The topological polar surface area (TPSA) is 61.0 Å². The largest absolute Gasteiger partial charge is 0.456 e. The number of benzene rings is 8. The fourth-order valence-electron chi connectivity index (χ4n) is 14.0. The second-order valence-electron chi connectivity index (χ2n) is 21.5. The molecule has 0 amide bonds. The molecule has 3 heterocycles. The van der Waals surface area contributed by atoms with Crippen LogP contribution in [0.3, 0.4) is 0 Å². The van der Waals surface area contributed by atoms with Crippen molar-refractivity contribution in [3.05, 3.63) is 198 Å². The third-order valence-electron chi connectivity index (χ3n) is 17.3. The minimum Gasteiger partial charge on any atom is -0.456 e. The smallest absolute Gasteiger partial charge is 0.164 e. The third-order valence-corrected chi connectivity index (χ3v) is 17.3. The molecule has 5 heteroatoms. The predicted molar refractivity (Wildman–Crippen MR) is 288 cm³/mol. The van der Waals surface area contributed by atoms with E-state index in [0.29, 0.717) is 29.3 Å². The van der Waals surface area contributed by atoms with Crippen molar-refractivity contribution in [2.75, 3.05) is 0 Å². The van der Waals surface area contributed by atoms with Gasteiger partial charge in [-0.25, -0.2) is 15.0 Å². The molecule has 0 saturated heterocycles. The van der Waals surface area contributed by atoms with E-state index < -0.39 is 0 Å². The highest BCUT2D eigenvalue weighted by atomic mass is 16.5. The summed E-state index contributed by atoms with van der Waals surface area (Å²) in [5, 5.41) is 2.21. The molecule has 2 saturated carbocycles. The van der Waals surface area contributed by atoms with E-state index in [1.165, 1.54) is 71.0 Å². The summed E-state index contributed by atoms with van der Waals surface area (Å²) in [5.41, 5.74) is 16.5. The maximum Gasteiger partial charge on any atom is 0.164 e. The van der Waals surface area contributed by atoms with Crippen molar-refractivity contribution in [3.63, 3.8) is 0 Å². The molecule has 2 aromatic heterocycles. The van der Waals surface area contributed by atoms with E-state index in [-0.39, 0.29) is 10.8 Å². The Bertz CT molecular complexity index is 3760. The standard InChI is InChI=1S/C66H55N3O2/c1-5-40-34-41-33-39(2)66(48(35-40)36-41)54-31-29-47(38-53(54)51-30-32-56-61(59(51)66)71-58-24-12-10-22-55(58)65(56,3)4)64-68-62(44-27-25-43(26-28-44)42-15-7-6-8-16-42)67-63(69-64)46-18-13-17-45(37-46)49-20-14-21-52-50-19-9-11-23-57(50)70-60(49)52/h6-32,37-41,48H,5,33-36H2,1-4H3. The van der Waals surface area contributed by atoms with Gasteiger partial charge in [-0.15, -0.1) is 0 Å². The first-order chi connectivity index (χ1) is 34.8. The van der Waals surface area contributed by atoms with Gasteiger partial charge in [0, 0.05) is 60.5 Å². The van der Waals surface area contributed by atoms with E-state index in [1.807, 2.05) is 12.1 Å². The minimum atomic E-state index is -0.216. The molecule has 1 aliphatic heterocycles. The van der Waals surface area contributed by atoms with Crippen LogP contribution in [0.4, 0.5) is 0 Å². The third kappa shape index (κ3) is 6.41. The molecule has 5 atom stereocenters. The van der Waals surface area contributed by atoms with Gasteiger partial charge >= 0.3 is 0 Å². The lowest BCUT2D eigenvalue weighted by molar-refractivity contribution is 0.0357. The molecule has 346 valence electrons. The molecule has 1 spiro atoms. The van der Waals surface area contributed by atoms with Crippen molar-refractivity contribution < 1.29 is 9.15 Å². The Morgan fingerprint density at radius 2 is 1.15 bits per heavy atom. The van der Waals surface area contributed by atoms with Crippen LogP contribution in [0.1, 0.15) is 82.1 Å². The number of nitrogens with zero attached hydrogens (tertiary/aromatic N) is 3. The van der Waals surface area contributed by atoms with Gasteiger partial charge < -0.3 is 9.15 Å². The Morgan fingerprint density at radius 1 is 0.507 bits per heavy atom. The zero-order valence-electron chi connectivity index (χ0n) is 40.7. The number of aromatic nitrogens is 3. The fourth-order valence-corrected chi connectivity index (χ4v) is 14.0. The van der Waals surface area contributed by atoms with E-state index in [1.54, 1.807) is 0 Å². The van der Waals surface area contributed by atoms with Gasteiger partial charge in [0.05, 0.1) is 0 Å². The van der Waals surface area contributed by atoms with Crippen LogP contribution in [-0.4, -0.2) is 15.0 Å². The quantitative estimate of drug-likeness (QED) is 0.166. The molecule has 10 aromatic rings. The van der Waals surface area contributed by atoms with Crippen LogP contribution in [0.5, 0.6) is 11.5 Å². The van der Waals surface area contributed by atoms with Crippen LogP contribution in [0.25, 0.3) is 89.5 Å². The first-order valence-corrected chi connectivity index (χ1v) is 25.8. The normalized spacial score (nSPS) is 21.4. The molecule has 0 N–H and O–H groups in total. The molecule has 0 radical (unpaired) electrons. The molecule has 71 heavy (non-hydrogen) atoms. The summed E-state index contributed by atoms with van der Waals surface area (Å²) in [6.07, 6.45) is 6.32. The van der Waals surface area contributed by atoms with Crippen LogP contribution < -0.4 is 4.74 Å². The Labute approximate surface area is 415 Å². The van der Waals surface area contributed by atoms with Gasteiger partial charge in [0.25, 0.3) is 0 Å². The average Bonchev–Trinajstić information content (AvgIpc) is 3.96. The number of para-hydroxylation sites is 3. The Morgan fingerprint density at radius 3 is 1.99 bits per heavy atom. The van der Waals surface area contributed by atoms with Crippen molar-refractivity contribution in [3.8, 4) is 79.0 Å². The lowest BCUT2D eigenvalue weighted by atomic mass is 9.49. The second kappa shape index (κ2) is 15.9. The lowest BCUT2D eigenvalue weighted by Gasteiger charge is -2.55. The number of hydrogen-bond donors (Lipinski definition) is 0. The van der Waals surface area contributed by atoms with Gasteiger partial charge in [-0.2, -0.15) is 0 Å².